The highest BCUT2D eigenvalue weighted by molar-refractivity contribution is 9.10. The highest BCUT2D eigenvalue weighted by Crippen LogP contribution is 2.47. The number of fused-ring (bicyclic) bond motifs is 1. The highest BCUT2D eigenvalue weighted by Gasteiger charge is 2.32. The Balaban J connectivity index is 1.49. The number of pyridine rings is 1. The van der Waals surface area contributed by atoms with Gasteiger partial charge in [0.15, 0.2) is 5.52 Å². The number of hydrogen-bond acceptors (Lipinski definition) is 6. The van der Waals surface area contributed by atoms with E-state index in [-0.39, 0.29) is 23.8 Å². The van der Waals surface area contributed by atoms with E-state index in [1.165, 1.54) is 0 Å². The number of halogens is 1. The Morgan fingerprint density at radius 1 is 1.18 bits per heavy atom. The minimum Gasteiger partial charge on any atom is -0.472 e. The molecule has 2 aromatic heterocycles. The van der Waals surface area contributed by atoms with E-state index >= 15 is 0 Å². The number of imide groups is 1. The fourth-order valence-electron chi connectivity index (χ4n) is 5.17. The first-order chi connectivity index (χ1) is 18.8. The number of carbonyl (C=O) groups is 3. The lowest BCUT2D eigenvalue weighted by Crippen LogP contribution is -2.34. The van der Waals surface area contributed by atoms with Crippen LogP contribution in [0, 0.1) is 24.7 Å². The maximum Gasteiger partial charge on any atom is 0.308 e. The molecule has 2 aliphatic carbocycles. The molecular weight excluding hydrogens is 562 g/mol. The van der Waals surface area contributed by atoms with Crippen LogP contribution < -0.4 is 15.0 Å². The molecule has 2 saturated carbocycles. The van der Waals surface area contributed by atoms with E-state index in [2.05, 4.69) is 44.3 Å². The Bertz CT molecular complexity index is 1510. The van der Waals surface area contributed by atoms with Gasteiger partial charge in [-0.25, -0.2) is 4.98 Å². The van der Waals surface area contributed by atoms with E-state index in [0.717, 1.165) is 39.6 Å². The Labute approximate surface area is 235 Å². The van der Waals surface area contributed by atoms with Crippen molar-refractivity contribution in [1.29, 1.82) is 0 Å². The number of amides is 3. The number of hydrogen-bond donors (Lipinski definition) is 1. The Kier molecular flexibility index (Phi) is 7.71. The third-order valence-corrected chi connectivity index (χ3v) is 8.26. The van der Waals surface area contributed by atoms with Crippen molar-refractivity contribution in [3.05, 3.63) is 39.9 Å². The summed E-state index contributed by atoms with van der Waals surface area (Å²) in [4.78, 5) is 42.5. The lowest BCUT2D eigenvalue weighted by Gasteiger charge is -2.27. The van der Waals surface area contributed by atoms with E-state index in [1.54, 1.807) is 16.5 Å². The minimum absolute atomic E-state index is 0.131. The maximum atomic E-state index is 13.4. The second-order valence-electron chi connectivity index (χ2n) is 10.1. The molecule has 0 unspecified atom stereocenters. The summed E-state index contributed by atoms with van der Waals surface area (Å²) in [6, 6.07) is 7.82. The van der Waals surface area contributed by atoms with Gasteiger partial charge in [0, 0.05) is 17.4 Å². The summed E-state index contributed by atoms with van der Waals surface area (Å²) in [6.45, 7) is 3.64. The van der Waals surface area contributed by atoms with Crippen LogP contribution in [-0.2, 0) is 21.4 Å². The lowest BCUT2D eigenvalue weighted by molar-refractivity contribution is -0.129. The summed E-state index contributed by atoms with van der Waals surface area (Å²) in [5, 5.41) is 6.82. The average Bonchev–Trinajstić information content (AvgIpc) is 3.72. The molecular formula is C29H30BrN5O4. The molecule has 39 heavy (non-hydrogen) atoms. The van der Waals surface area contributed by atoms with Gasteiger partial charge < -0.3 is 4.74 Å². The Hall–Kier alpha value is -3.71. The van der Waals surface area contributed by atoms with E-state index in [0.29, 0.717) is 55.2 Å². The molecule has 0 aliphatic heterocycles. The van der Waals surface area contributed by atoms with Gasteiger partial charge in [0.2, 0.25) is 12.3 Å². The summed E-state index contributed by atoms with van der Waals surface area (Å²) in [5.74, 6) is 5.87. The van der Waals surface area contributed by atoms with Gasteiger partial charge in [-0.3, -0.25) is 29.3 Å². The summed E-state index contributed by atoms with van der Waals surface area (Å²) >= 11 is 3.65. The molecule has 9 nitrogen and oxygen atoms in total. The van der Waals surface area contributed by atoms with Gasteiger partial charge in [0.1, 0.15) is 11.9 Å². The van der Waals surface area contributed by atoms with Crippen LogP contribution in [0.2, 0.25) is 0 Å². The molecule has 2 aliphatic rings. The standard InChI is InChI=1S/C29H30BrN5O4/c1-4-5-26(37)35(24-14-17(2)22(30)15-21(24)18-6-7-18)25-13-12-23-27(32-25)29(33-34(23)3)39-20-10-8-19(9-11-20)28(38)31-16-36/h12-16,18-20H,6-11H2,1-3H3,(H,31,36,38). The second kappa shape index (κ2) is 11.2. The first kappa shape index (κ1) is 26.9. The van der Waals surface area contributed by atoms with Gasteiger partial charge in [-0.2, -0.15) is 0 Å². The predicted molar refractivity (Wildman–Crippen MR) is 151 cm³/mol. The van der Waals surface area contributed by atoms with Crippen LogP contribution in [0.5, 0.6) is 5.88 Å². The van der Waals surface area contributed by atoms with Gasteiger partial charge >= 0.3 is 5.91 Å². The molecule has 5 rings (SSSR count). The van der Waals surface area contributed by atoms with Gasteiger partial charge in [0.05, 0.1) is 11.2 Å². The van der Waals surface area contributed by atoms with E-state index in [9.17, 15) is 14.4 Å². The van der Waals surface area contributed by atoms with Crippen molar-refractivity contribution in [1.82, 2.24) is 20.1 Å². The Morgan fingerprint density at radius 3 is 2.59 bits per heavy atom. The van der Waals surface area contributed by atoms with E-state index < -0.39 is 0 Å². The number of nitrogens with one attached hydrogen (secondary N) is 1. The smallest absolute Gasteiger partial charge is 0.308 e. The fourth-order valence-corrected chi connectivity index (χ4v) is 5.54. The third-order valence-electron chi connectivity index (χ3n) is 7.41. The van der Waals surface area contributed by atoms with Crippen molar-refractivity contribution in [3.8, 4) is 17.7 Å². The van der Waals surface area contributed by atoms with Crippen LogP contribution >= 0.6 is 15.9 Å². The normalized spacial score (nSPS) is 18.7. The molecule has 202 valence electrons. The second-order valence-corrected chi connectivity index (χ2v) is 11.0. The molecule has 1 N–H and O–H groups in total. The van der Waals surface area contributed by atoms with E-state index in [4.69, 9.17) is 9.72 Å². The van der Waals surface area contributed by atoms with Crippen LogP contribution in [0.15, 0.2) is 28.7 Å². The Morgan fingerprint density at radius 2 is 1.92 bits per heavy atom. The predicted octanol–water partition coefficient (Wildman–Crippen LogP) is 4.81. The van der Waals surface area contributed by atoms with Gasteiger partial charge in [-0.05, 0) is 99.6 Å². The number of carbonyl (C=O) groups excluding carboxylic acids is 3. The van der Waals surface area contributed by atoms with Gasteiger partial charge in [-0.1, -0.05) is 21.9 Å². The third kappa shape index (κ3) is 5.55. The van der Waals surface area contributed by atoms with Crippen molar-refractivity contribution < 1.29 is 19.1 Å². The molecule has 0 radical (unpaired) electrons. The van der Waals surface area contributed by atoms with E-state index in [1.807, 2.05) is 32.2 Å². The molecule has 2 heterocycles. The fraction of sp³-hybridized carbons (Fsp3) is 0.414. The molecule has 1 aromatic carbocycles. The average molecular weight is 592 g/mol. The van der Waals surface area contributed by atoms with Crippen molar-refractivity contribution in [3.63, 3.8) is 0 Å². The quantitative estimate of drug-likeness (QED) is 0.312. The van der Waals surface area contributed by atoms with Gasteiger partial charge in [0.25, 0.3) is 5.88 Å². The molecule has 3 amide bonds. The van der Waals surface area contributed by atoms with Gasteiger partial charge in [-0.15, -0.1) is 5.10 Å². The molecule has 2 fully saturated rings. The molecule has 0 bridgehead atoms. The van der Waals surface area contributed by atoms with Crippen LogP contribution in [0.1, 0.15) is 62.5 Å². The summed E-state index contributed by atoms with van der Waals surface area (Å²) in [6.07, 6.45) is 5.02. The first-order valence-corrected chi connectivity index (χ1v) is 13.9. The monoisotopic (exact) mass is 591 g/mol. The molecule has 3 aromatic rings. The number of benzene rings is 1. The van der Waals surface area contributed by atoms with Crippen molar-refractivity contribution in [2.24, 2.45) is 13.0 Å². The number of nitrogens with zero attached hydrogens (tertiary/aromatic N) is 4. The zero-order chi connectivity index (χ0) is 27.7. The first-order valence-electron chi connectivity index (χ1n) is 13.1. The number of anilines is 2. The zero-order valence-electron chi connectivity index (χ0n) is 22.2. The maximum absolute atomic E-state index is 13.4. The van der Waals surface area contributed by atoms with Crippen molar-refractivity contribution in [2.45, 2.75) is 64.4 Å². The topological polar surface area (TPSA) is 106 Å². The molecule has 0 atom stereocenters. The number of aromatic nitrogens is 3. The zero-order valence-corrected chi connectivity index (χ0v) is 23.7. The van der Waals surface area contributed by atoms with Crippen LogP contribution in [0.4, 0.5) is 11.5 Å². The largest absolute Gasteiger partial charge is 0.472 e. The van der Waals surface area contributed by atoms with Crippen LogP contribution in [0.25, 0.3) is 11.0 Å². The summed E-state index contributed by atoms with van der Waals surface area (Å²) in [5.41, 5.74) is 4.23. The molecule has 0 saturated heterocycles. The summed E-state index contributed by atoms with van der Waals surface area (Å²) < 4.78 is 9.02. The molecule has 0 spiro atoms. The van der Waals surface area contributed by atoms with Crippen LogP contribution in [-0.4, -0.2) is 39.1 Å². The SMILES string of the molecule is CC#CC(=O)N(c1ccc2c(n1)c(OC1CCC(C(=O)NC=O)CC1)nn2C)c1cc(C)c(Br)cc1C1CC1. The number of aryl methyl sites for hydroxylation is 2. The highest BCUT2D eigenvalue weighted by atomic mass is 79.9. The van der Waals surface area contributed by atoms with Crippen molar-refractivity contribution in [2.75, 3.05) is 4.90 Å². The lowest BCUT2D eigenvalue weighted by atomic mass is 9.87. The number of rotatable bonds is 7. The summed E-state index contributed by atoms with van der Waals surface area (Å²) in [7, 11) is 1.83. The number of ether oxygens (including phenoxy) is 1. The molecule has 10 heteroatoms. The minimum atomic E-state index is -0.355. The van der Waals surface area contributed by atoms with Crippen LogP contribution in [0.3, 0.4) is 0 Å². The van der Waals surface area contributed by atoms with Crippen molar-refractivity contribution >= 4 is 56.7 Å².